The molecule has 3 aliphatic carbocycles. The number of benzene rings is 2. The Morgan fingerprint density at radius 3 is 2.44 bits per heavy atom. The van der Waals surface area contributed by atoms with E-state index in [1.807, 2.05) is 11.0 Å². The third-order valence-electron chi connectivity index (χ3n) is 9.56. The number of rotatable bonds is 6. The van der Waals surface area contributed by atoms with Gasteiger partial charge >= 0.3 is 0 Å². The van der Waals surface area contributed by atoms with Crippen LogP contribution in [0.2, 0.25) is 0 Å². The van der Waals surface area contributed by atoms with E-state index in [-0.39, 0.29) is 35.5 Å². The van der Waals surface area contributed by atoms with Crippen molar-refractivity contribution in [2.45, 2.75) is 37.2 Å². The minimum atomic E-state index is -2.48. The first-order valence-electron chi connectivity index (χ1n) is 14.1. The van der Waals surface area contributed by atoms with Crippen molar-refractivity contribution >= 4 is 34.0 Å². The largest absolute Gasteiger partial charge is 0.507 e. The van der Waals surface area contributed by atoms with Gasteiger partial charge in [-0.25, -0.2) is 4.39 Å². The van der Waals surface area contributed by atoms with Crippen LogP contribution in [0.3, 0.4) is 0 Å². The average Bonchev–Trinajstić information content (AvgIpc) is 2.92. The Morgan fingerprint density at radius 1 is 1.16 bits per heavy atom. The number of fused-ring (bicyclic) bond motifs is 4. The first-order chi connectivity index (χ1) is 20.3. The molecule has 1 aliphatic heterocycles. The van der Waals surface area contributed by atoms with E-state index in [1.54, 1.807) is 26.2 Å². The normalized spacial score (nSPS) is 29.3. The van der Waals surface area contributed by atoms with Crippen LogP contribution in [-0.2, 0) is 32.1 Å². The molecular weight excluding hydrogens is 561 g/mol. The number of ketones is 3. The van der Waals surface area contributed by atoms with Crippen LogP contribution in [0.5, 0.6) is 11.5 Å². The summed E-state index contributed by atoms with van der Waals surface area (Å²) in [6.45, 7) is 1.11. The summed E-state index contributed by atoms with van der Waals surface area (Å²) < 4.78 is 24.8. The minimum Gasteiger partial charge on any atom is -0.507 e. The summed E-state index contributed by atoms with van der Waals surface area (Å²) in [5.74, 6) is -7.46. The molecule has 228 valence electrons. The fourth-order valence-corrected chi connectivity index (χ4v) is 7.73. The summed E-state index contributed by atoms with van der Waals surface area (Å²) in [5, 5.41) is 24.6. The monoisotopic (exact) mass is 595 g/mol. The highest BCUT2D eigenvalue weighted by atomic mass is 19.1. The van der Waals surface area contributed by atoms with E-state index in [0.717, 1.165) is 5.56 Å². The number of carbonyl (C=O) groups excluding carboxylic acids is 4. The zero-order chi connectivity index (χ0) is 31.1. The van der Waals surface area contributed by atoms with Gasteiger partial charge in [0.1, 0.15) is 23.4 Å². The highest BCUT2D eigenvalue weighted by Crippen LogP contribution is 2.54. The van der Waals surface area contributed by atoms with Crippen molar-refractivity contribution in [3.05, 3.63) is 46.2 Å². The van der Waals surface area contributed by atoms with Crippen molar-refractivity contribution in [1.29, 1.82) is 0 Å². The summed E-state index contributed by atoms with van der Waals surface area (Å²) in [7, 11) is 5.88. The molecule has 0 radical (unpaired) electrons. The van der Waals surface area contributed by atoms with Crippen LogP contribution in [-0.4, -0.2) is 102 Å². The molecule has 4 aliphatic rings. The van der Waals surface area contributed by atoms with E-state index >= 15 is 0 Å². The highest BCUT2D eigenvalue weighted by Gasteiger charge is 2.66. The number of methoxy groups -OCH3 is 2. The van der Waals surface area contributed by atoms with Gasteiger partial charge in [-0.05, 0) is 44.5 Å². The number of amides is 1. The van der Waals surface area contributed by atoms with Crippen molar-refractivity contribution in [3.63, 3.8) is 0 Å². The van der Waals surface area contributed by atoms with Crippen LogP contribution in [0.4, 0.5) is 4.39 Å². The predicted octanol–water partition coefficient (Wildman–Crippen LogP) is 0.898. The Morgan fingerprint density at radius 2 is 1.86 bits per heavy atom. The number of nitrogens with two attached hydrogens (primary N) is 1. The third kappa shape index (κ3) is 4.03. The number of aliphatic hydroxyl groups is 1. The van der Waals surface area contributed by atoms with Crippen molar-refractivity contribution in [2.75, 3.05) is 41.4 Å². The molecule has 0 spiro atoms. The molecule has 2 aromatic carbocycles. The van der Waals surface area contributed by atoms with E-state index in [0.29, 0.717) is 41.7 Å². The summed E-state index contributed by atoms with van der Waals surface area (Å²) in [4.78, 5) is 57.2. The van der Waals surface area contributed by atoms with E-state index in [2.05, 4.69) is 0 Å². The van der Waals surface area contributed by atoms with E-state index in [9.17, 15) is 33.8 Å². The molecule has 1 heterocycles. The number of hydrogen-bond donors (Lipinski definition) is 3. The molecule has 12 heteroatoms. The number of likely N-dealkylation sites (N-methyl/N-ethyl adjacent to an activating group) is 1. The molecule has 43 heavy (non-hydrogen) atoms. The van der Waals surface area contributed by atoms with Crippen LogP contribution in [0.25, 0.3) is 10.8 Å². The second-order valence-electron chi connectivity index (χ2n) is 12.2. The fourth-order valence-electron chi connectivity index (χ4n) is 7.73. The number of alkyl halides is 1. The van der Waals surface area contributed by atoms with Gasteiger partial charge in [0.15, 0.2) is 28.9 Å². The van der Waals surface area contributed by atoms with Crippen LogP contribution < -0.4 is 10.5 Å². The van der Waals surface area contributed by atoms with Gasteiger partial charge in [-0.1, -0.05) is 12.1 Å². The third-order valence-corrected chi connectivity index (χ3v) is 9.56. The second kappa shape index (κ2) is 10.1. The van der Waals surface area contributed by atoms with Gasteiger partial charge in [0.25, 0.3) is 0 Å². The Kier molecular flexibility index (Phi) is 6.86. The summed E-state index contributed by atoms with van der Waals surface area (Å²) in [5.41, 5.74) is 4.23. The second-order valence-corrected chi connectivity index (χ2v) is 12.2. The molecular formula is C31H34FN3O8. The number of ether oxygens (including phenoxy) is 2. The molecule has 5 atom stereocenters. The van der Waals surface area contributed by atoms with Crippen LogP contribution in [0, 0.1) is 17.8 Å². The average molecular weight is 596 g/mol. The highest BCUT2D eigenvalue weighted by molar-refractivity contribution is 6.25. The number of halogens is 1. The Bertz CT molecular complexity index is 1630. The molecule has 1 amide bonds. The van der Waals surface area contributed by atoms with Gasteiger partial charge in [0, 0.05) is 47.5 Å². The molecule has 1 saturated carbocycles. The van der Waals surface area contributed by atoms with Crippen LogP contribution in [0.15, 0.2) is 29.5 Å². The van der Waals surface area contributed by atoms with Crippen LogP contribution >= 0.6 is 0 Å². The Labute approximate surface area is 247 Å². The zero-order valence-electron chi connectivity index (χ0n) is 24.3. The van der Waals surface area contributed by atoms with Gasteiger partial charge < -0.3 is 25.4 Å². The SMILES string of the molecule is COC1=C2C(=O)c3c(c(OC)c4ccc(CN5CC(F)C5)cc4c3O)CC2CC2C(N(C)C)C(=O)C(C(N)=O)C(=O)C12O. The topological polar surface area (TPSA) is 160 Å². The minimum absolute atomic E-state index is 0.000370. The molecule has 0 bridgehead atoms. The predicted molar refractivity (Wildman–Crippen MR) is 151 cm³/mol. The number of phenols is 1. The van der Waals surface area contributed by atoms with Crippen LogP contribution in [0.1, 0.15) is 27.9 Å². The van der Waals surface area contributed by atoms with E-state index in [1.165, 1.54) is 19.1 Å². The smallest absolute Gasteiger partial charge is 0.235 e. The molecule has 5 unspecified atom stereocenters. The number of likely N-dealkylation sites (tertiary alicyclic amines) is 1. The molecule has 6 rings (SSSR count). The molecule has 4 N–H and O–H groups in total. The van der Waals surface area contributed by atoms with Gasteiger partial charge in [0.05, 0.1) is 25.8 Å². The van der Waals surface area contributed by atoms with E-state index < -0.39 is 58.8 Å². The van der Waals surface area contributed by atoms with Gasteiger partial charge in [-0.15, -0.1) is 0 Å². The van der Waals surface area contributed by atoms with Crippen molar-refractivity contribution in [1.82, 2.24) is 9.80 Å². The summed E-state index contributed by atoms with van der Waals surface area (Å²) in [6, 6.07) is 4.35. The summed E-state index contributed by atoms with van der Waals surface area (Å²) >= 11 is 0. The maximum absolute atomic E-state index is 14.3. The quantitative estimate of drug-likeness (QED) is 0.410. The van der Waals surface area contributed by atoms with Gasteiger partial charge in [-0.3, -0.25) is 29.0 Å². The number of phenolic OH excluding ortho intramolecular Hbond substituents is 1. The van der Waals surface area contributed by atoms with Crippen molar-refractivity contribution in [2.24, 2.45) is 23.5 Å². The van der Waals surface area contributed by atoms with Crippen molar-refractivity contribution < 1.29 is 43.3 Å². The zero-order valence-corrected chi connectivity index (χ0v) is 24.3. The van der Waals surface area contributed by atoms with Gasteiger partial charge in [0.2, 0.25) is 5.91 Å². The lowest BCUT2D eigenvalue weighted by molar-refractivity contribution is -0.170. The van der Waals surface area contributed by atoms with Gasteiger partial charge in [-0.2, -0.15) is 0 Å². The standard InChI is InChI=1S/C31H34FN3O8/c1-34(2)23-19-9-14-8-18-21(25(37)20(14)29(43-4)31(19,41)28(39)22(26(23)38)30(33)40)24(36)17-7-13(10-35-11-15(32)12-35)5-6-16(17)27(18)42-3/h5-7,14-15,19,22-23,36,41H,8-12H2,1-4H3,(H2,33,40). The maximum Gasteiger partial charge on any atom is 0.235 e. The van der Waals surface area contributed by atoms with E-state index in [4.69, 9.17) is 15.2 Å². The first-order valence-corrected chi connectivity index (χ1v) is 14.1. The molecule has 2 fully saturated rings. The Hall–Kier alpha value is -3.87. The van der Waals surface area contributed by atoms with Crippen molar-refractivity contribution in [3.8, 4) is 11.5 Å². The maximum atomic E-state index is 14.3. The lowest BCUT2D eigenvalue weighted by Crippen LogP contribution is -2.69. The molecule has 2 aromatic rings. The first kappa shape index (κ1) is 29.2. The Balaban J connectivity index is 1.53. The number of nitrogens with zero attached hydrogens (tertiary/aromatic N) is 2. The number of Topliss-reactive ketones (excluding diaryl/α,β-unsaturated/α-hetero) is 3. The number of primary amides is 1. The number of hydrogen-bond acceptors (Lipinski definition) is 10. The number of aromatic hydroxyl groups is 1. The lowest BCUT2D eigenvalue weighted by atomic mass is 9.56. The number of allylic oxidation sites excluding steroid dienone is 1. The summed E-state index contributed by atoms with van der Waals surface area (Å²) in [6.07, 6.45) is -0.625. The molecule has 11 nitrogen and oxygen atoms in total. The molecule has 0 aromatic heterocycles. The number of carbonyl (C=O) groups is 4. The lowest BCUT2D eigenvalue weighted by Gasteiger charge is -2.52. The molecule has 1 saturated heterocycles. The fraction of sp³-hybridized carbons (Fsp3) is 0.484.